The largest absolute Gasteiger partial charge is 0.394 e. The van der Waals surface area contributed by atoms with Crippen molar-refractivity contribution in [1.82, 2.24) is 5.32 Å². The first-order valence-corrected chi connectivity index (χ1v) is 6.76. The van der Waals surface area contributed by atoms with E-state index in [1.807, 2.05) is 6.92 Å². The monoisotopic (exact) mass is 367 g/mol. The Kier molecular flexibility index (Phi) is 5.22. The van der Waals surface area contributed by atoms with Crippen molar-refractivity contribution in [2.75, 3.05) is 6.61 Å². The van der Waals surface area contributed by atoms with Gasteiger partial charge in [-0.15, -0.1) is 0 Å². The second-order valence-corrected chi connectivity index (χ2v) is 5.72. The molecule has 1 aromatic rings. The summed E-state index contributed by atoms with van der Waals surface area (Å²) < 4.78 is 0.904. The number of rotatable bonds is 4. The molecule has 0 saturated carbocycles. The SMILES string of the molecule is CCC(C)(CO)NC(=O)c1ccc(I)c(Cl)c1. The van der Waals surface area contributed by atoms with Gasteiger partial charge >= 0.3 is 0 Å². The molecule has 2 N–H and O–H groups in total. The van der Waals surface area contributed by atoms with Crippen LogP contribution in [0.4, 0.5) is 0 Å². The molecular weight excluding hydrogens is 352 g/mol. The Hall–Kier alpha value is -0.330. The van der Waals surface area contributed by atoms with Crippen LogP contribution >= 0.6 is 34.2 Å². The summed E-state index contributed by atoms with van der Waals surface area (Å²) in [6.45, 7) is 3.63. The molecule has 0 radical (unpaired) electrons. The van der Waals surface area contributed by atoms with Gasteiger partial charge in [-0.1, -0.05) is 18.5 Å². The number of halogens is 2. The fourth-order valence-electron chi connectivity index (χ4n) is 1.22. The molecule has 94 valence electrons. The Bertz CT molecular complexity index is 419. The van der Waals surface area contributed by atoms with Crippen LogP contribution in [-0.4, -0.2) is 23.2 Å². The average Bonchev–Trinajstić information content (AvgIpc) is 2.32. The summed E-state index contributed by atoms with van der Waals surface area (Å²) in [6.07, 6.45) is 0.660. The normalized spacial score (nSPS) is 14.2. The lowest BCUT2D eigenvalue weighted by Crippen LogP contribution is -2.48. The summed E-state index contributed by atoms with van der Waals surface area (Å²) in [6, 6.07) is 5.14. The van der Waals surface area contributed by atoms with E-state index in [-0.39, 0.29) is 12.5 Å². The van der Waals surface area contributed by atoms with E-state index in [4.69, 9.17) is 11.6 Å². The van der Waals surface area contributed by atoms with Gasteiger partial charge < -0.3 is 10.4 Å². The molecule has 5 heteroatoms. The Morgan fingerprint density at radius 1 is 1.59 bits per heavy atom. The maximum atomic E-state index is 12.0. The number of hydrogen-bond donors (Lipinski definition) is 2. The van der Waals surface area contributed by atoms with Crippen LogP contribution in [-0.2, 0) is 0 Å². The predicted octanol–water partition coefficient (Wildman–Crippen LogP) is 2.84. The number of carbonyl (C=O) groups is 1. The number of aliphatic hydroxyl groups excluding tert-OH is 1. The predicted molar refractivity (Wildman–Crippen MR) is 77.4 cm³/mol. The van der Waals surface area contributed by atoms with Crippen LogP contribution in [0.5, 0.6) is 0 Å². The molecule has 1 rings (SSSR count). The number of hydrogen-bond acceptors (Lipinski definition) is 2. The number of benzene rings is 1. The quantitative estimate of drug-likeness (QED) is 0.804. The molecule has 17 heavy (non-hydrogen) atoms. The lowest BCUT2D eigenvalue weighted by molar-refractivity contribution is 0.0847. The summed E-state index contributed by atoms with van der Waals surface area (Å²) in [5, 5.41) is 12.6. The van der Waals surface area contributed by atoms with Gasteiger partial charge in [0.2, 0.25) is 0 Å². The van der Waals surface area contributed by atoms with Gasteiger partial charge in [0.05, 0.1) is 17.2 Å². The van der Waals surface area contributed by atoms with Crippen LogP contribution < -0.4 is 5.32 Å². The Morgan fingerprint density at radius 2 is 2.24 bits per heavy atom. The van der Waals surface area contributed by atoms with Gasteiger partial charge in [0.25, 0.3) is 5.91 Å². The molecule has 1 aromatic carbocycles. The molecule has 0 saturated heterocycles. The van der Waals surface area contributed by atoms with Crippen molar-refractivity contribution in [2.24, 2.45) is 0 Å². The Morgan fingerprint density at radius 3 is 2.71 bits per heavy atom. The van der Waals surface area contributed by atoms with Crippen molar-refractivity contribution in [3.63, 3.8) is 0 Å². The molecule has 0 aliphatic rings. The van der Waals surface area contributed by atoms with E-state index in [9.17, 15) is 9.90 Å². The van der Waals surface area contributed by atoms with Crippen LogP contribution in [0.3, 0.4) is 0 Å². The third-order valence-corrected chi connectivity index (χ3v) is 4.30. The summed E-state index contributed by atoms with van der Waals surface area (Å²) in [7, 11) is 0. The van der Waals surface area contributed by atoms with E-state index in [0.29, 0.717) is 17.0 Å². The fraction of sp³-hybridized carbons (Fsp3) is 0.417. The molecular formula is C12H15ClINO2. The molecule has 3 nitrogen and oxygen atoms in total. The van der Waals surface area contributed by atoms with E-state index in [1.54, 1.807) is 25.1 Å². The highest BCUT2D eigenvalue weighted by atomic mass is 127. The van der Waals surface area contributed by atoms with E-state index < -0.39 is 5.54 Å². The molecule has 0 bridgehead atoms. The van der Waals surface area contributed by atoms with Gasteiger partial charge in [-0.05, 0) is 54.1 Å². The van der Waals surface area contributed by atoms with Crippen molar-refractivity contribution in [2.45, 2.75) is 25.8 Å². The third kappa shape index (κ3) is 3.82. The molecule has 0 aliphatic carbocycles. The van der Waals surface area contributed by atoms with Gasteiger partial charge in [-0.2, -0.15) is 0 Å². The van der Waals surface area contributed by atoms with Crippen molar-refractivity contribution >= 4 is 40.1 Å². The lowest BCUT2D eigenvalue weighted by atomic mass is 9.99. The second kappa shape index (κ2) is 6.02. The van der Waals surface area contributed by atoms with E-state index in [2.05, 4.69) is 27.9 Å². The minimum atomic E-state index is -0.591. The van der Waals surface area contributed by atoms with Gasteiger partial charge in [0, 0.05) is 9.13 Å². The summed E-state index contributed by atoms with van der Waals surface area (Å²) in [4.78, 5) is 12.0. The first-order valence-electron chi connectivity index (χ1n) is 5.30. The van der Waals surface area contributed by atoms with Crippen molar-refractivity contribution in [1.29, 1.82) is 0 Å². The van der Waals surface area contributed by atoms with Gasteiger partial charge in [0.15, 0.2) is 0 Å². The zero-order valence-electron chi connectivity index (χ0n) is 9.76. The molecule has 1 amide bonds. The average molecular weight is 368 g/mol. The van der Waals surface area contributed by atoms with Crippen LogP contribution in [0.25, 0.3) is 0 Å². The topological polar surface area (TPSA) is 49.3 Å². The van der Waals surface area contributed by atoms with E-state index >= 15 is 0 Å². The van der Waals surface area contributed by atoms with Gasteiger partial charge in [-0.25, -0.2) is 0 Å². The summed E-state index contributed by atoms with van der Waals surface area (Å²) in [5.41, 5.74) is -0.0874. The minimum Gasteiger partial charge on any atom is -0.394 e. The standard InChI is InChI=1S/C12H15ClINO2/c1-3-12(2,7-16)15-11(17)8-4-5-10(14)9(13)6-8/h4-6,16H,3,7H2,1-2H3,(H,15,17). The smallest absolute Gasteiger partial charge is 0.251 e. The fourth-order valence-corrected chi connectivity index (χ4v) is 1.74. The van der Waals surface area contributed by atoms with Gasteiger partial charge in [0.1, 0.15) is 0 Å². The lowest BCUT2D eigenvalue weighted by Gasteiger charge is -2.27. The number of amides is 1. The van der Waals surface area contributed by atoms with Gasteiger partial charge in [-0.3, -0.25) is 4.79 Å². The molecule has 1 unspecified atom stereocenters. The van der Waals surface area contributed by atoms with Crippen molar-refractivity contribution in [3.05, 3.63) is 32.4 Å². The van der Waals surface area contributed by atoms with Crippen LogP contribution in [0.2, 0.25) is 5.02 Å². The molecule has 0 aromatic heterocycles. The number of carbonyl (C=O) groups excluding carboxylic acids is 1. The molecule has 0 fully saturated rings. The molecule has 0 heterocycles. The van der Waals surface area contributed by atoms with Crippen molar-refractivity contribution < 1.29 is 9.90 Å². The number of nitrogens with one attached hydrogen (secondary N) is 1. The van der Waals surface area contributed by atoms with E-state index in [1.165, 1.54) is 0 Å². The highest BCUT2D eigenvalue weighted by molar-refractivity contribution is 14.1. The first kappa shape index (κ1) is 14.7. The Labute approximate surface area is 120 Å². The zero-order chi connectivity index (χ0) is 13.1. The molecule has 1 atom stereocenters. The Balaban J connectivity index is 2.86. The number of aliphatic hydroxyl groups is 1. The highest BCUT2D eigenvalue weighted by Crippen LogP contribution is 2.20. The summed E-state index contributed by atoms with van der Waals surface area (Å²) in [5.74, 6) is -0.221. The highest BCUT2D eigenvalue weighted by Gasteiger charge is 2.23. The zero-order valence-corrected chi connectivity index (χ0v) is 12.7. The molecule has 0 spiro atoms. The maximum Gasteiger partial charge on any atom is 0.251 e. The van der Waals surface area contributed by atoms with Crippen LogP contribution in [0.15, 0.2) is 18.2 Å². The van der Waals surface area contributed by atoms with Crippen LogP contribution in [0.1, 0.15) is 30.6 Å². The molecule has 0 aliphatic heterocycles. The first-order chi connectivity index (χ1) is 7.91. The second-order valence-electron chi connectivity index (χ2n) is 4.16. The maximum absolute atomic E-state index is 12.0. The minimum absolute atomic E-state index is 0.0899. The van der Waals surface area contributed by atoms with Crippen LogP contribution in [0, 0.1) is 3.57 Å². The van der Waals surface area contributed by atoms with E-state index in [0.717, 1.165) is 3.57 Å². The summed E-state index contributed by atoms with van der Waals surface area (Å²) >= 11 is 8.06. The van der Waals surface area contributed by atoms with Crippen molar-refractivity contribution in [3.8, 4) is 0 Å². The third-order valence-electron chi connectivity index (χ3n) is 2.73.